The molecule has 1 amide bonds. The minimum absolute atomic E-state index is 0.0960. The van der Waals surface area contributed by atoms with Crippen molar-refractivity contribution >= 4 is 27.3 Å². The van der Waals surface area contributed by atoms with Crippen LogP contribution < -0.4 is 0 Å². The third kappa shape index (κ3) is 4.25. The van der Waals surface area contributed by atoms with Crippen LogP contribution in [-0.4, -0.2) is 54.7 Å². The van der Waals surface area contributed by atoms with E-state index in [0.29, 0.717) is 37.3 Å². The van der Waals surface area contributed by atoms with Crippen LogP contribution in [0.1, 0.15) is 59.0 Å². The van der Waals surface area contributed by atoms with Gasteiger partial charge in [-0.3, -0.25) is 4.79 Å². The van der Waals surface area contributed by atoms with Crippen molar-refractivity contribution in [3.8, 4) is 0 Å². The number of benzene rings is 1. The number of likely N-dealkylation sites (tertiary alicyclic amines) is 1. The van der Waals surface area contributed by atoms with Crippen LogP contribution >= 0.6 is 11.3 Å². The Morgan fingerprint density at radius 3 is 2.66 bits per heavy atom. The number of piperidine rings is 2. The molecular formula is C21H27N3O3S2. The van der Waals surface area contributed by atoms with E-state index in [2.05, 4.69) is 4.98 Å². The van der Waals surface area contributed by atoms with Crippen LogP contribution in [0.15, 0.2) is 34.7 Å². The predicted octanol–water partition coefficient (Wildman–Crippen LogP) is 3.65. The van der Waals surface area contributed by atoms with E-state index in [1.165, 1.54) is 0 Å². The molecule has 8 heteroatoms. The highest BCUT2D eigenvalue weighted by Crippen LogP contribution is 2.30. The Hall–Kier alpha value is -1.77. The lowest BCUT2D eigenvalue weighted by molar-refractivity contribution is 0.0707. The highest BCUT2D eigenvalue weighted by molar-refractivity contribution is 7.89. The summed E-state index contributed by atoms with van der Waals surface area (Å²) in [4.78, 5) is 19.7. The number of carbonyl (C=O) groups excluding carboxylic acids is 1. The fraction of sp³-hybridized carbons (Fsp3) is 0.524. The zero-order valence-corrected chi connectivity index (χ0v) is 18.3. The van der Waals surface area contributed by atoms with E-state index in [0.717, 1.165) is 37.1 Å². The van der Waals surface area contributed by atoms with Gasteiger partial charge in [0.25, 0.3) is 5.91 Å². The van der Waals surface area contributed by atoms with Gasteiger partial charge in [0.15, 0.2) is 0 Å². The zero-order valence-electron chi connectivity index (χ0n) is 16.7. The van der Waals surface area contributed by atoms with E-state index in [-0.39, 0.29) is 16.7 Å². The van der Waals surface area contributed by atoms with Crippen molar-refractivity contribution in [2.24, 2.45) is 0 Å². The van der Waals surface area contributed by atoms with Gasteiger partial charge in [-0.15, -0.1) is 11.3 Å². The van der Waals surface area contributed by atoms with Crippen molar-refractivity contribution in [1.82, 2.24) is 14.2 Å². The second-order valence-electron chi connectivity index (χ2n) is 7.91. The second kappa shape index (κ2) is 8.53. The molecule has 3 heterocycles. The smallest absolute Gasteiger partial charge is 0.253 e. The van der Waals surface area contributed by atoms with Gasteiger partial charge in [-0.1, -0.05) is 12.5 Å². The SMILES string of the molecule is Cc1ccc(C(=O)N2CCCC(c3nccs3)C2)cc1S(=O)(=O)N1CCCCC1. The van der Waals surface area contributed by atoms with Crippen LogP contribution in [0.3, 0.4) is 0 Å². The van der Waals surface area contributed by atoms with E-state index in [9.17, 15) is 13.2 Å². The maximum absolute atomic E-state index is 13.2. The number of hydrogen-bond donors (Lipinski definition) is 0. The summed E-state index contributed by atoms with van der Waals surface area (Å²) in [5.74, 6) is 0.163. The third-order valence-corrected chi connectivity index (χ3v) is 8.86. The molecule has 0 radical (unpaired) electrons. The van der Waals surface area contributed by atoms with Crippen LogP contribution in [0, 0.1) is 6.92 Å². The standard InChI is InChI=1S/C21H27N3O3S2/c1-16-7-8-17(14-19(16)29(26,27)24-11-3-2-4-12-24)21(25)23-10-5-6-18(15-23)20-22-9-13-28-20/h7-9,13-14,18H,2-6,10-12,15H2,1H3. The van der Waals surface area contributed by atoms with Crippen LogP contribution in [0.25, 0.3) is 0 Å². The Balaban J connectivity index is 1.57. The molecule has 0 spiro atoms. The monoisotopic (exact) mass is 433 g/mol. The van der Waals surface area contributed by atoms with Gasteiger partial charge in [-0.2, -0.15) is 4.31 Å². The maximum Gasteiger partial charge on any atom is 0.253 e. The van der Waals surface area contributed by atoms with E-state index in [4.69, 9.17) is 0 Å². The van der Waals surface area contributed by atoms with Crippen LogP contribution in [0.4, 0.5) is 0 Å². The predicted molar refractivity (Wildman–Crippen MR) is 114 cm³/mol. The first-order valence-corrected chi connectivity index (χ1v) is 12.6. The van der Waals surface area contributed by atoms with Crippen molar-refractivity contribution in [2.45, 2.75) is 49.8 Å². The molecule has 1 aromatic heterocycles. The third-order valence-electron chi connectivity index (χ3n) is 5.88. The Morgan fingerprint density at radius 2 is 1.93 bits per heavy atom. The summed E-state index contributed by atoms with van der Waals surface area (Å²) in [7, 11) is -3.57. The lowest BCUT2D eigenvalue weighted by atomic mass is 9.98. The molecule has 6 nitrogen and oxygen atoms in total. The number of aryl methyl sites for hydroxylation is 1. The Bertz CT molecular complexity index is 967. The Morgan fingerprint density at radius 1 is 1.14 bits per heavy atom. The van der Waals surface area contributed by atoms with Gasteiger partial charge in [0.2, 0.25) is 10.0 Å². The largest absolute Gasteiger partial charge is 0.338 e. The first kappa shape index (κ1) is 20.5. The van der Waals surface area contributed by atoms with Gasteiger partial charge in [0.05, 0.1) is 9.90 Å². The number of thiazole rings is 1. The molecule has 0 aliphatic carbocycles. The van der Waals surface area contributed by atoms with E-state index in [1.54, 1.807) is 47.0 Å². The maximum atomic E-state index is 13.2. The number of carbonyl (C=O) groups is 1. The average molecular weight is 434 g/mol. The topological polar surface area (TPSA) is 70.6 Å². The highest BCUT2D eigenvalue weighted by atomic mass is 32.2. The molecule has 2 saturated heterocycles. The van der Waals surface area contributed by atoms with Crippen molar-refractivity contribution in [3.63, 3.8) is 0 Å². The number of amides is 1. The fourth-order valence-corrected chi connectivity index (χ4v) is 6.77. The number of hydrogen-bond acceptors (Lipinski definition) is 5. The fourth-order valence-electron chi connectivity index (χ4n) is 4.24. The summed E-state index contributed by atoms with van der Waals surface area (Å²) in [5, 5.41) is 3.04. The summed E-state index contributed by atoms with van der Waals surface area (Å²) in [6, 6.07) is 5.08. The second-order valence-corrected chi connectivity index (χ2v) is 10.7. The van der Waals surface area contributed by atoms with Crippen LogP contribution in [0.5, 0.6) is 0 Å². The molecule has 2 aliphatic rings. The summed E-state index contributed by atoms with van der Waals surface area (Å²) in [5.41, 5.74) is 1.14. The van der Waals surface area contributed by atoms with Crippen molar-refractivity contribution in [3.05, 3.63) is 45.9 Å². The molecular weight excluding hydrogens is 406 g/mol. The van der Waals surface area contributed by atoms with Crippen LogP contribution in [-0.2, 0) is 10.0 Å². The van der Waals surface area contributed by atoms with Gasteiger partial charge < -0.3 is 4.90 Å². The Kier molecular flexibility index (Phi) is 6.03. The molecule has 156 valence electrons. The average Bonchev–Trinajstić information content (AvgIpc) is 3.29. The summed E-state index contributed by atoms with van der Waals surface area (Å²) in [6.45, 7) is 4.24. The molecule has 1 unspecified atom stereocenters. The van der Waals surface area contributed by atoms with Crippen molar-refractivity contribution in [2.75, 3.05) is 26.2 Å². The molecule has 4 rings (SSSR count). The van der Waals surface area contributed by atoms with Crippen molar-refractivity contribution < 1.29 is 13.2 Å². The molecule has 2 aromatic rings. The molecule has 2 aliphatic heterocycles. The minimum atomic E-state index is -3.57. The number of rotatable bonds is 4. The molecule has 2 fully saturated rings. The lowest BCUT2D eigenvalue weighted by Gasteiger charge is -2.32. The first-order chi connectivity index (χ1) is 14.0. The summed E-state index contributed by atoms with van der Waals surface area (Å²) >= 11 is 1.63. The lowest BCUT2D eigenvalue weighted by Crippen LogP contribution is -2.39. The first-order valence-electron chi connectivity index (χ1n) is 10.3. The highest BCUT2D eigenvalue weighted by Gasteiger charge is 2.30. The normalized spacial score (nSPS) is 21.3. The van der Waals surface area contributed by atoms with Crippen molar-refractivity contribution in [1.29, 1.82) is 0 Å². The van der Waals surface area contributed by atoms with Gasteiger partial charge in [-0.25, -0.2) is 13.4 Å². The van der Waals surface area contributed by atoms with Gasteiger partial charge in [0, 0.05) is 49.2 Å². The molecule has 0 N–H and O–H groups in total. The molecule has 1 aromatic carbocycles. The summed E-state index contributed by atoms with van der Waals surface area (Å²) < 4.78 is 27.9. The summed E-state index contributed by atoms with van der Waals surface area (Å²) in [6.07, 6.45) is 6.61. The van der Waals surface area contributed by atoms with Crippen LogP contribution in [0.2, 0.25) is 0 Å². The number of nitrogens with zero attached hydrogens (tertiary/aromatic N) is 3. The minimum Gasteiger partial charge on any atom is -0.338 e. The van der Waals surface area contributed by atoms with E-state index >= 15 is 0 Å². The van der Waals surface area contributed by atoms with Gasteiger partial charge >= 0.3 is 0 Å². The molecule has 29 heavy (non-hydrogen) atoms. The van der Waals surface area contributed by atoms with Gasteiger partial charge in [-0.05, 0) is 50.3 Å². The number of aromatic nitrogens is 1. The van der Waals surface area contributed by atoms with Gasteiger partial charge in [0.1, 0.15) is 0 Å². The quantitative estimate of drug-likeness (QED) is 0.738. The number of sulfonamides is 1. The molecule has 0 saturated carbocycles. The zero-order chi connectivity index (χ0) is 20.4. The van der Waals surface area contributed by atoms with E-state index in [1.807, 2.05) is 10.3 Å². The molecule has 1 atom stereocenters. The Labute approximate surface area is 176 Å². The van der Waals surface area contributed by atoms with E-state index < -0.39 is 10.0 Å². The molecule has 0 bridgehead atoms.